The van der Waals surface area contributed by atoms with Crippen LogP contribution < -0.4 is 5.43 Å². The van der Waals surface area contributed by atoms with Crippen LogP contribution in [-0.4, -0.2) is 17.6 Å². The molecule has 2 rings (SSSR count). The summed E-state index contributed by atoms with van der Waals surface area (Å²) in [6.45, 7) is 6.00. The highest BCUT2D eigenvalue weighted by molar-refractivity contribution is 6.30. The van der Waals surface area contributed by atoms with Gasteiger partial charge in [0.1, 0.15) is 5.56 Å². The van der Waals surface area contributed by atoms with Crippen molar-refractivity contribution in [3.05, 3.63) is 69.5 Å². The van der Waals surface area contributed by atoms with Gasteiger partial charge in [0, 0.05) is 23.3 Å². The number of methoxy groups -OCH3 is 1. The van der Waals surface area contributed by atoms with E-state index in [1.54, 1.807) is 30.3 Å². The lowest BCUT2D eigenvalue weighted by Crippen LogP contribution is -2.23. The zero-order chi connectivity index (χ0) is 16.3. The molecule has 0 atom stereocenters. The Balaban J connectivity index is 2.86. The first-order valence-electron chi connectivity index (χ1n) is 6.69. The minimum absolute atomic E-state index is 0.0114. The van der Waals surface area contributed by atoms with Crippen molar-refractivity contribution >= 4 is 17.6 Å². The third-order valence-electron chi connectivity index (χ3n) is 3.34. The molecule has 2 aromatic rings. The van der Waals surface area contributed by atoms with Crippen LogP contribution in [0.2, 0.25) is 5.02 Å². The quantitative estimate of drug-likeness (QED) is 0.641. The van der Waals surface area contributed by atoms with E-state index in [1.165, 1.54) is 13.2 Å². The molecule has 0 aliphatic carbocycles. The van der Waals surface area contributed by atoms with Crippen molar-refractivity contribution in [2.45, 2.75) is 13.5 Å². The second-order valence-corrected chi connectivity index (χ2v) is 5.21. The molecule has 1 aromatic heterocycles. The number of rotatable bonds is 4. The largest absolute Gasteiger partial charge is 0.465 e. The number of carbonyl (C=O) groups excluding carboxylic acids is 1. The van der Waals surface area contributed by atoms with E-state index in [2.05, 4.69) is 6.58 Å². The van der Waals surface area contributed by atoms with Gasteiger partial charge in [-0.15, -0.1) is 6.58 Å². The second kappa shape index (κ2) is 6.62. The Morgan fingerprint density at radius 2 is 2.00 bits per heavy atom. The van der Waals surface area contributed by atoms with E-state index in [-0.39, 0.29) is 11.0 Å². The van der Waals surface area contributed by atoms with Crippen molar-refractivity contribution in [3.8, 4) is 11.3 Å². The number of aromatic nitrogens is 1. The molecule has 5 heteroatoms. The minimum Gasteiger partial charge on any atom is -0.465 e. The summed E-state index contributed by atoms with van der Waals surface area (Å²) >= 11 is 5.92. The third-order valence-corrected chi connectivity index (χ3v) is 3.59. The molecule has 0 fully saturated rings. The minimum atomic E-state index is -0.659. The van der Waals surface area contributed by atoms with E-state index in [0.29, 0.717) is 22.8 Å². The zero-order valence-corrected chi connectivity index (χ0v) is 13.2. The van der Waals surface area contributed by atoms with E-state index in [0.717, 1.165) is 5.69 Å². The number of carbonyl (C=O) groups is 1. The number of aryl methyl sites for hydroxylation is 1. The van der Waals surface area contributed by atoms with Crippen molar-refractivity contribution in [1.82, 2.24) is 4.57 Å². The monoisotopic (exact) mass is 317 g/mol. The summed E-state index contributed by atoms with van der Waals surface area (Å²) in [5.41, 5.74) is 1.61. The number of halogens is 1. The fourth-order valence-corrected chi connectivity index (χ4v) is 2.47. The Hall–Kier alpha value is -2.33. The standard InChI is InChI=1S/C17H16ClNO3/c1-4-9-19-11(2)10-14(20)15(17(21)22-3)16(19)12-5-7-13(18)8-6-12/h4-8,10H,1,9H2,2-3H3. The number of nitrogens with zero attached hydrogens (tertiary/aromatic N) is 1. The summed E-state index contributed by atoms with van der Waals surface area (Å²) in [6.07, 6.45) is 1.71. The van der Waals surface area contributed by atoms with Gasteiger partial charge in [-0.1, -0.05) is 29.8 Å². The van der Waals surface area contributed by atoms with Crippen LogP contribution >= 0.6 is 11.6 Å². The highest BCUT2D eigenvalue weighted by Gasteiger charge is 2.21. The van der Waals surface area contributed by atoms with Gasteiger partial charge in [0.2, 0.25) is 0 Å². The van der Waals surface area contributed by atoms with E-state index in [1.807, 2.05) is 11.5 Å². The molecular weight excluding hydrogens is 302 g/mol. The van der Waals surface area contributed by atoms with Crippen molar-refractivity contribution in [2.75, 3.05) is 7.11 Å². The lowest BCUT2D eigenvalue weighted by Gasteiger charge is -2.18. The van der Waals surface area contributed by atoms with Crippen LogP contribution in [-0.2, 0) is 11.3 Å². The van der Waals surface area contributed by atoms with Crippen LogP contribution in [0.15, 0.2) is 47.8 Å². The summed E-state index contributed by atoms with van der Waals surface area (Å²) in [7, 11) is 1.26. The summed E-state index contributed by atoms with van der Waals surface area (Å²) in [4.78, 5) is 24.4. The van der Waals surface area contributed by atoms with Crippen LogP contribution in [0.1, 0.15) is 16.1 Å². The molecule has 22 heavy (non-hydrogen) atoms. The average molecular weight is 318 g/mol. The molecule has 0 spiro atoms. The van der Waals surface area contributed by atoms with Crippen LogP contribution in [0.5, 0.6) is 0 Å². The maximum Gasteiger partial charge on any atom is 0.344 e. The van der Waals surface area contributed by atoms with Crippen LogP contribution in [0.3, 0.4) is 0 Å². The van der Waals surface area contributed by atoms with Crippen LogP contribution in [0, 0.1) is 6.92 Å². The fraction of sp³-hybridized carbons (Fsp3) is 0.176. The molecule has 0 saturated heterocycles. The lowest BCUT2D eigenvalue weighted by atomic mass is 10.0. The third kappa shape index (κ3) is 2.97. The SMILES string of the molecule is C=CCn1c(C)cc(=O)c(C(=O)OC)c1-c1ccc(Cl)cc1. The van der Waals surface area contributed by atoms with E-state index in [4.69, 9.17) is 16.3 Å². The van der Waals surface area contributed by atoms with Gasteiger partial charge in [-0.05, 0) is 24.6 Å². The topological polar surface area (TPSA) is 48.3 Å². The molecule has 0 unspecified atom stereocenters. The van der Waals surface area contributed by atoms with Gasteiger partial charge < -0.3 is 9.30 Å². The van der Waals surface area contributed by atoms with E-state index < -0.39 is 5.97 Å². The van der Waals surface area contributed by atoms with Gasteiger partial charge in [-0.2, -0.15) is 0 Å². The first kappa shape index (κ1) is 16.0. The second-order valence-electron chi connectivity index (χ2n) is 4.77. The fourth-order valence-electron chi connectivity index (χ4n) is 2.34. The molecule has 0 aliphatic rings. The van der Waals surface area contributed by atoms with Gasteiger partial charge in [0.05, 0.1) is 12.8 Å². The van der Waals surface area contributed by atoms with Crippen molar-refractivity contribution < 1.29 is 9.53 Å². The molecule has 0 N–H and O–H groups in total. The Morgan fingerprint density at radius 1 is 1.36 bits per heavy atom. The molecule has 1 aromatic carbocycles. The number of benzene rings is 1. The van der Waals surface area contributed by atoms with Crippen molar-refractivity contribution in [3.63, 3.8) is 0 Å². The number of allylic oxidation sites excluding steroid dienone is 1. The first-order chi connectivity index (χ1) is 10.5. The van der Waals surface area contributed by atoms with Crippen molar-refractivity contribution in [1.29, 1.82) is 0 Å². The number of hydrogen-bond donors (Lipinski definition) is 0. The van der Waals surface area contributed by atoms with Crippen LogP contribution in [0.25, 0.3) is 11.3 Å². The summed E-state index contributed by atoms with van der Waals surface area (Å²) in [5, 5.41) is 0.577. The summed E-state index contributed by atoms with van der Waals surface area (Å²) in [6, 6.07) is 8.38. The molecule has 114 valence electrons. The molecule has 0 radical (unpaired) electrons. The van der Waals surface area contributed by atoms with E-state index in [9.17, 15) is 9.59 Å². The number of ether oxygens (including phenoxy) is 1. The Morgan fingerprint density at radius 3 is 2.55 bits per heavy atom. The Bertz CT molecular complexity index is 776. The molecule has 0 saturated carbocycles. The van der Waals surface area contributed by atoms with Crippen LogP contribution in [0.4, 0.5) is 0 Å². The molecule has 0 amide bonds. The van der Waals surface area contributed by atoms with Gasteiger partial charge >= 0.3 is 5.97 Å². The first-order valence-corrected chi connectivity index (χ1v) is 7.07. The summed E-state index contributed by atoms with van der Waals surface area (Å²) in [5.74, 6) is -0.659. The average Bonchev–Trinajstić information content (AvgIpc) is 2.50. The normalized spacial score (nSPS) is 10.3. The smallest absolute Gasteiger partial charge is 0.344 e. The lowest BCUT2D eigenvalue weighted by molar-refractivity contribution is 0.0599. The highest BCUT2D eigenvalue weighted by atomic mass is 35.5. The predicted molar refractivity (Wildman–Crippen MR) is 87.4 cm³/mol. The van der Waals surface area contributed by atoms with Gasteiger partial charge in [-0.3, -0.25) is 4.79 Å². The van der Waals surface area contributed by atoms with Crippen molar-refractivity contribution in [2.24, 2.45) is 0 Å². The predicted octanol–water partition coefficient (Wildman–Crippen LogP) is 3.45. The maximum atomic E-state index is 12.3. The molecule has 0 bridgehead atoms. The molecule has 4 nitrogen and oxygen atoms in total. The number of esters is 1. The zero-order valence-electron chi connectivity index (χ0n) is 12.4. The Kier molecular flexibility index (Phi) is 4.83. The molecule has 1 heterocycles. The summed E-state index contributed by atoms with van der Waals surface area (Å²) < 4.78 is 6.62. The highest BCUT2D eigenvalue weighted by Crippen LogP contribution is 2.25. The Labute approximate surface area is 133 Å². The maximum absolute atomic E-state index is 12.3. The molecule has 0 aliphatic heterocycles. The van der Waals surface area contributed by atoms with Gasteiger partial charge in [-0.25, -0.2) is 4.79 Å². The molecular formula is C17H16ClNO3. The van der Waals surface area contributed by atoms with Gasteiger partial charge in [0.25, 0.3) is 0 Å². The van der Waals surface area contributed by atoms with E-state index >= 15 is 0 Å². The van der Waals surface area contributed by atoms with Gasteiger partial charge in [0.15, 0.2) is 5.43 Å². The number of hydrogen-bond acceptors (Lipinski definition) is 3. The number of pyridine rings is 1.